The molecule has 0 saturated carbocycles. The Morgan fingerprint density at radius 2 is 1.82 bits per heavy atom. The van der Waals surface area contributed by atoms with Crippen LogP contribution in [0, 0.1) is 6.92 Å². The molecule has 0 radical (unpaired) electrons. The summed E-state index contributed by atoms with van der Waals surface area (Å²) in [6.45, 7) is 15.7. The van der Waals surface area contributed by atoms with Crippen LogP contribution in [0.15, 0.2) is 64.0 Å². The highest BCUT2D eigenvalue weighted by Gasteiger charge is 2.65. The van der Waals surface area contributed by atoms with E-state index in [2.05, 4.69) is 52.9 Å². The van der Waals surface area contributed by atoms with Crippen molar-refractivity contribution in [3.8, 4) is 5.75 Å². The summed E-state index contributed by atoms with van der Waals surface area (Å²) < 4.78 is 49.0. The minimum atomic E-state index is -3.76. The molecule has 3 aliphatic heterocycles. The average molecular weight is 581 g/mol. The molecule has 2 fully saturated rings. The predicted octanol–water partition coefficient (Wildman–Crippen LogP) is 6.47. The Morgan fingerprint density at radius 1 is 1.12 bits per heavy atom. The maximum atomic E-state index is 13.7. The van der Waals surface area contributed by atoms with Gasteiger partial charge in [0, 0.05) is 18.0 Å². The number of methoxy groups -OCH3 is 1. The fraction of sp³-hybridized carbons (Fsp3) is 0.516. The van der Waals surface area contributed by atoms with Gasteiger partial charge in [0.2, 0.25) is 0 Å². The van der Waals surface area contributed by atoms with Gasteiger partial charge in [-0.1, -0.05) is 50.6 Å². The third kappa shape index (κ3) is 3.95. The van der Waals surface area contributed by atoms with Gasteiger partial charge in [0.15, 0.2) is 14.0 Å². The van der Waals surface area contributed by atoms with E-state index in [0.717, 1.165) is 28.0 Å². The minimum Gasteiger partial charge on any atom is -0.496 e. The molecular formula is C31H40N2O5SSi. The molecule has 4 atom stereocenters. The molecule has 1 spiro atoms. The van der Waals surface area contributed by atoms with Crippen molar-refractivity contribution in [2.45, 2.75) is 93.8 Å². The lowest BCUT2D eigenvalue weighted by Crippen LogP contribution is -2.48. The van der Waals surface area contributed by atoms with Gasteiger partial charge in [-0.05, 0) is 80.2 Å². The molecule has 2 aromatic carbocycles. The van der Waals surface area contributed by atoms with Crippen LogP contribution in [0.1, 0.15) is 69.2 Å². The van der Waals surface area contributed by atoms with Crippen molar-refractivity contribution in [2.75, 3.05) is 13.7 Å². The number of rotatable bonds is 5. The quantitative estimate of drug-likeness (QED) is 0.379. The fourth-order valence-electron chi connectivity index (χ4n) is 6.45. The van der Waals surface area contributed by atoms with E-state index in [1.165, 1.54) is 4.31 Å². The number of fused-ring (bicyclic) bond motifs is 6. The summed E-state index contributed by atoms with van der Waals surface area (Å²) in [6.07, 6.45) is 3.08. The summed E-state index contributed by atoms with van der Waals surface area (Å²) in [5.74, 6) is 1.16. The van der Waals surface area contributed by atoms with E-state index in [0.29, 0.717) is 25.2 Å². The van der Waals surface area contributed by atoms with Gasteiger partial charge in [0.25, 0.3) is 10.0 Å². The Hall–Kier alpha value is -2.46. The number of aryl methyl sites for hydroxylation is 1. The van der Waals surface area contributed by atoms with Gasteiger partial charge in [-0.25, -0.2) is 17.7 Å². The van der Waals surface area contributed by atoms with Crippen LogP contribution in [0.3, 0.4) is 0 Å². The summed E-state index contributed by atoms with van der Waals surface area (Å²) >= 11 is 0. The monoisotopic (exact) mass is 580 g/mol. The lowest BCUT2D eigenvalue weighted by molar-refractivity contribution is -0.122. The zero-order chi connectivity index (χ0) is 28.9. The molecule has 214 valence electrons. The Bertz CT molecular complexity index is 1540. The number of ether oxygens (including phenoxy) is 2. The molecule has 6 rings (SSSR count). The summed E-state index contributed by atoms with van der Waals surface area (Å²) in [7, 11) is -4.25. The zero-order valence-electron chi connectivity index (χ0n) is 24.7. The van der Waals surface area contributed by atoms with Crippen molar-refractivity contribution in [1.82, 2.24) is 4.31 Å². The van der Waals surface area contributed by atoms with Gasteiger partial charge < -0.3 is 13.9 Å². The van der Waals surface area contributed by atoms with Crippen LogP contribution in [0.2, 0.25) is 18.1 Å². The van der Waals surface area contributed by atoms with Crippen LogP contribution in [-0.2, 0) is 19.2 Å². The number of hydrogen-bond acceptors (Lipinski definition) is 6. The number of sulfonamides is 1. The van der Waals surface area contributed by atoms with Gasteiger partial charge in [0.05, 0.1) is 23.7 Å². The van der Waals surface area contributed by atoms with Crippen molar-refractivity contribution in [3.63, 3.8) is 0 Å². The second-order valence-corrected chi connectivity index (χ2v) is 20.0. The van der Waals surface area contributed by atoms with Crippen LogP contribution >= 0.6 is 0 Å². The molecule has 4 aliphatic rings. The molecule has 0 unspecified atom stereocenters. The first-order valence-corrected chi connectivity index (χ1v) is 18.4. The number of amidine groups is 1. The third-order valence-corrected chi connectivity index (χ3v) is 15.8. The average Bonchev–Trinajstić information content (AvgIpc) is 3.50. The molecule has 40 heavy (non-hydrogen) atoms. The highest BCUT2D eigenvalue weighted by molar-refractivity contribution is 7.89. The van der Waals surface area contributed by atoms with Crippen LogP contribution in [0.5, 0.6) is 5.75 Å². The topological polar surface area (TPSA) is 77.4 Å². The second kappa shape index (κ2) is 8.77. The first kappa shape index (κ1) is 27.7. The molecule has 2 aromatic rings. The van der Waals surface area contributed by atoms with E-state index in [-0.39, 0.29) is 22.0 Å². The summed E-state index contributed by atoms with van der Waals surface area (Å²) in [5.41, 5.74) is 2.41. The zero-order valence-corrected chi connectivity index (χ0v) is 26.6. The first-order valence-electron chi connectivity index (χ1n) is 14.1. The maximum absolute atomic E-state index is 13.7. The molecule has 9 heteroatoms. The Kier molecular flexibility index (Phi) is 6.07. The molecule has 2 bridgehead atoms. The normalized spacial score (nSPS) is 29.4. The number of nitrogens with zero attached hydrogens (tertiary/aromatic N) is 2. The van der Waals surface area contributed by atoms with Crippen molar-refractivity contribution >= 4 is 24.2 Å². The molecule has 0 aromatic heterocycles. The van der Waals surface area contributed by atoms with E-state index >= 15 is 0 Å². The Morgan fingerprint density at radius 3 is 2.48 bits per heavy atom. The molecule has 0 amide bonds. The summed E-state index contributed by atoms with van der Waals surface area (Å²) in [5, 5.41) is 0.0208. The number of aliphatic imine (C=N–C) groups is 1. The largest absolute Gasteiger partial charge is 0.496 e. The Balaban J connectivity index is 1.45. The standard InChI is InChI=1S/C31H40N2O5SSi/c1-20-12-14-22(15-13-20)39(34,35)33-17-16-21-18-31(32-28(21)33)24-19-30(5,38-31)27(37-40(7,8)29(2,3)4)23-10-9-11-25(36-6)26(23)24/h9-15,18,24,27H,16-17,19H2,1-8H3/t24-,27+,30+,31+/m0/s1. The molecule has 1 aliphatic carbocycles. The van der Waals surface area contributed by atoms with Crippen LogP contribution in [-0.4, -0.2) is 51.9 Å². The third-order valence-electron chi connectivity index (χ3n) is 9.61. The smallest absolute Gasteiger partial charge is 0.265 e. The predicted molar refractivity (Wildman–Crippen MR) is 159 cm³/mol. The minimum absolute atomic E-state index is 0.0208. The Labute approximate surface area is 239 Å². The highest BCUT2D eigenvalue weighted by atomic mass is 32.2. The molecule has 7 nitrogen and oxygen atoms in total. The fourth-order valence-corrected chi connectivity index (χ4v) is 9.22. The second-order valence-electron chi connectivity index (χ2n) is 13.4. The van der Waals surface area contributed by atoms with Gasteiger partial charge in [-0.2, -0.15) is 0 Å². The van der Waals surface area contributed by atoms with E-state index in [4.69, 9.17) is 18.9 Å². The van der Waals surface area contributed by atoms with Crippen LogP contribution < -0.4 is 4.74 Å². The lowest BCUT2D eigenvalue weighted by Gasteiger charge is -2.45. The number of hydrogen-bond donors (Lipinski definition) is 0. The van der Waals surface area contributed by atoms with Gasteiger partial charge >= 0.3 is 0 Å². The van der Waals surface area contributed by atoms with E-state index in [9.17, 15) is 8.42 Å². The van der Waals surface area contributed by atoms with Crippen molar-refractivity contribution in [3.05, 3.63) is 70.8 Å². The van der Waals surface area contributed by atoms with Gasteiger partial charge in [-0.3, -0.25) is 0 Å². The maximum Gasteiger partial charge on any atom is 0.265 e. The van der Waals surface area contributed by atoms with E-state index < -0.39 is 29.7 Å². The SMILES string of the molecule is COc1cccc2c1[C@@H]1C[C@@](C)(O[C@]13C=C1CCN(S(=O)(=O)c4ccc(C)cc4)C1=N3)[C@@H]2O[Si](C)(C)C(C)(C)C. The number of benzene rings is 2. The molecule has 2 saturated heterocycles. The van der Waals surface area contributed by atoms with Crippen LogP contribution in [0.4, 0.5) is 0 Å². The van der Waals surface area contributed by atoms with Crippen molar-refractivity contribution in [2.24, 2.45) is 4.99 Å². The summed E-state index contributed by atoms with van der Waals surface area (Å²) in [4.78, 5) is 5.44. The molecule has 3 heterocycles. The van der Waals surface area contributed by atoms with Gasteiger partial charge in [0.1, 0.15) is 11.6 Å². The molecular weight excluding hydrogens is 541 g/mol. The van der Waals surface area contributed by atoms with Crippen molar-refractivity contribution in [1.29, 1.82) is 0 Å². The summed E-state index contributed by atoms with van der Waals surface area (Å²) in [6, 6.07) is 13.1. The van der Waals surface area contributed by atoms with E-state index in [1.807, 2.05) is 31.2 Å². The van der Waals surface area contributed by atoms with Gasteiger partial charge in [-0.15, -0.1) is 0 Å². The highest BCUT2D eigenvalue weighted by Crippen LogP contribution is 2.64. The first-order chi connectivity index (χ1) is 18.6. The van der Waals surface area contributed by atoms with Crippen LogP contribution in [0.25, 0.3) is 0 Å². The molecule has 0 N–H and O–H groups in total. The van der Waals surface area contributed by atoms with E-state index in [1.54, 1.807) is 19.2 Å². The van der Waals surface area contributed by atoms with Crippen molar-refractivity contribution < 1.29 is 22.3 Å². The lowest BCUT2D eigenvalue weighted by atomic mass is 9.72.